The van der Waals surface area contributed by atoms with Gasteiger partial charge in [0.25, 0.3) is 0 Å². The normalized spacial score (nSPS) is 9.26. The molecule has 0 aliphatic carbocycles. The molecule has 31 heavy (non-hydrogen) atoms. The van der Waals surface area contributed by atoms with Crippen molar-refractivity contribution in [1.82, 2.24) is 0 Å². The first kappa shape index (κ1) is 25.0. The highest BCUT2D eigenvalue weighted by molar-refractivity contribution is 5.88. The lowest BCUT2D eigenvalue weighted by atomic mass is 10.2. The Morgan fingerprint density at radius 1 is 0.742 bits per heavy atom. The van der Waals surface area contributed by atoms with Gasteiger partial charge in [0.05, 0.1) is 24.8 Å². The number of benzene rings is 3. The molecule has 3 rings (SSSR count). The summed E-state index contributed by atoms with van der Waals surface area (Å²) in [5.74, 6) is -0.0795. The van der Waals surface area contributed by atoms with E-state index >= 15 is 0 Å². The highest BCUT2D eigenvalue weighted by Gasteiger charge is 2.01. The summed E-state index contributed by atoms with van der Waals surface area (Å²) < 4.78 is 10.0. The lowest BCUT2D eigenvalue weighted by molar-refractivity contribution is 0.0686. The van der Waals surface area contributed by atoms with Crippen molar-refractivity contribution in [3.63, 3.8) is 0 Å². The number of aromatic hydroxyl groups is 1. The van der Waals surface area contributed by atoms with Gasteiger partial charge in [-0.3, -0.25) is 0 Å². The molecule has 0 saturated carbocycles. The van der Waals surface area contributed by atoms with Crippen LogP contribution in [0.15, 0.2) is 72.8 Å². The van der Waals surface area contributed by atoms with Gasteiger partial charge in [-0.2, -0.15) is 0 Å². The van der Waals surface area contributed by atoms with E-state index in [-0.39, 0.29) is 11.3 Å². The maximum atomic E-state index is 10.4. The van der Waals surface area contributed by atoms with Gasteiger partial charge in [-0.25, -0.2) is 9.59 Å². The van der Waals surface area contributed by atoms with Crippen molar-refractivity contribution in [2.45, 2.75) is 13.8 Å². The van der Waals surface area contributed by atoms with Gasteiger partial charge in [-0.1, -0.05) is 17.7 Å². The van der Waals surface area contributed by atoms with Crippen LogP contribution in [0.3, 0.4) is 0 Å². The minimum atomic E-state index is -0.918. The number of hydrogen-bond donors (Lipinski definition) is 3. The third-order valence-electron chi connectivity index (χ3n) is 3.78. The van der Waals surface area contributed by atoms with Crippen LogP contribution in [0.5, 0.6) is 17.2 Å². The standard InChI is InChI=1S/C9H10O3.C8H8O2.C7H8O2/c1-2-12-8-5-3-7(4-6-8)9(10)11;1-6-2-4-7(5-3-6)8(9)10;1-9-7-4-2-6(8)3-5-7/h3-6H,2H2,1H3,(H,10,11);2-5H,1H3,(H,9,10);2-5,8H,1H3. The van der Waals surface area contributed by atoms with E-state index < -0.39 is 11.9 Å². The monoisotopic (exact) mass is 426 g/mol. The molecule has 0 saturated heterocycles. The molecule has 0 spiro atoms. The molecule has 0 aliphatic rings. The molecule has 0 aliphatic heterocycles. The Morgan fingerprint density at radius 2 is 1.16 bits per heavy atom. The Bertz CT molecular complexity index is 931. The van der Waals surface area contributed by atoms with E-state index in [0.29, 0.717) is 17.9 Å². The minimum Gasteiger partial charge on any atom is -0.508 e. The molecular weight excluding hydrogens is 400 g/mol. The van der Waals surface area contributed by atoms with Gasteiger partial charge in [-0.15, -0.1) is 0 Å². The topological polar surface area (TPSA) is 113 Å². The first-order valence-corrected chi connectivity index (χ1v) is 9.36. The zero-order chi connectivity index (χ0) is 23.2. The summed E-state index contributed by atoms with van der Waals surface area (Å²) in [4.78, 5) is 20.7. The molecule has 3 N–H and O–H groups in total. The Morgan fingerprint density at radius 3 is 1.55 bits per heavy atom. The molecule has 0 radical (unpaired) electrons. The molecule has 3 aromatic carbocycles. The van der Waals surface area contributed by atoms with E-state index in [2.05, 4.69) is 0 Å². The number of aromatic carboxylic acids is 2. The first-order chi connectivity index (χ1) is 14.8. The molecule has 0 fully saturated rings. The Hall–Kier alpha value is -4.00. The average Bonchev–Trinajstić information content (AvgIpc) is 2.76. The van der Waals surface area contributed by atoms with Crippen LogP contribution in [-0.2, 0) is 0 Å². The van der Waals surface area contributed by atoms with Crippen LogP contribution >= 0.6 is 0 Å². The van der Waals surface area contributed by atoms with E-state index in [0.717, 1.165) is 11.3 Å². The molecular formula is C24H26O7. The number of carboxylic acid groups (broad SMARTS) is 2. The largest absolute Gasteiger partial charge is 0.508 e. The predicted octanol–water partition coefficient (Wildman–Crippen LogP) is 4.88. The number of phenols is 1. The van der Waals surface area contributed by atoms with Crippen LogP contribution in [0.1, 0.15) is 33.2 Å². The molecule has 7 heteroatoms. The zero-order valence-electron chi connectivity index (χ0n) is 17.6. The first-order valence-electron chi connectivity index (χ1n) is 9.36. The Kier molecular flexibility index (Phi) is 10.7. The van der Waals surface area contributed by atoms with E-state index in [1.807, 2.05) is 13.8 Å². The van der Waals surface area contributed by atoms with Crippen LogP contribution in [0.25, 0.3) is 0 Å². The second-order valence-electron chi connectivity index (χ2n) is 6.13. The number of methoxy groups -OCH3 is 1. The van der Waals surface area contributed by atoms with Crippen LogP contribution in [0.4, 0.5) is 0 Å². The van der Waals surface area contributed by atoms with E-state index in [9.17, 15) is 9.59 Å². The van der Waals surface area contributed by atoms with Gasteiger partial charge >= 0.3 is 11.9 Å². The van der Waals surface area contributed by atoms with Gasteiger partial charge in [0.2, 0.25) is 0 Å². The number of ether oxygens (including phenoxy) is 2. The Labute approximate surface area is 181 Å². The number of rotatable bonds is 5. The fourth-order valence-corrected chi connectivity index (χ4v) is 2.14. The van der Waals surface area contributed by atoms with Gasteiger partial charge in [-0.05, 0) is 74.5 Å². The minimum absolute atomic E-state index is 0.260. The highest BCUT2D eigenvalue weighted by atomic mass is 16.5. The molecule has 0 heterocycles. The van der Waals surface area contributed by atoms with Crippen molar-refractivity contribution in [3.05, 3.63) is 89.5 Å². The van der Waals surface area contributed by atoms with Gasteiger partial charge < -0.3 is 24.8 Å². The van der Waals surface area contributed by atoms with Crippen molar-refractivity contribution in [1.29, 1.82) is 0 Å². The van der Waals surface area contributed by atoms with Crippen LogP contribution in [-0.4, -0.2) is 41.0 Å². The molecule has 0 amide bonds. The fraction of sp³-hybridized carbons (Fsp3) is 0.167. The second kappa shape index (κ2) is 13.3. The summed E-state index contributed by atoms with van der Waals surface area (Å²) in [7, 11) is 1.59. The summed E-state index contributed by atoms with van der Waals surface area (Å²) >= 11 is 0. The van der Waals surface area contributed by atoms with Crippen molar-refractivity contribution in [2.24, 2.45) is 0 Å². The van der Waals surface area contributed by atoms with Crippen molar-refractivity contribution in [2.75, 3.05) is 13.7 Å². The number of aryl methyl sites for hydroxylation is 1. The van der Waals surface area contributed by atoms with E-state index in [1.165, 1.54) is 12.1 Å². The summed E-state index contributed by atoms with van der Waals surface area (Å²) in [5.41, 5.74) is 1.69. The third-order valence-corrected chi connectivity index (χ3v) is 3.78. The molecule has 164 valence electrons. The molecule has 7 nitrogen and oxygen atoms in total. The van der Waals surface area contributed by atoms with Crippen molar-refractivity contribution < 1.29 is 34.4 Å². The van der Waals surface area contributed by atoms with Gasteiger partial charge in [0, 0.05) is 0 Å². The second-order valence-corrected chi connectivity index (χ2v) is 6.13. The summed E-state index contributed by atoms with van der Waals surface area (Å²) in [5, 5.41) is 25.8. The predicted molar refractivity (Wildman–Crippen MR) is 117 cm³/mol. The van der Waals surface area contributed by atoms with Crippen molar-refractivity contribution >= 4 is 11.9 Å². The Balaban J connectivity index is 0.000000235. The third kappa shape index (κ3) is 9.85. The molecule has 0 unspecified atom stereocenters. The van der Waals surface area contributed by atoms with Crippen molar-refractivity contribution in [3.8, 4) is 17.2 Å². The quantitative estimate of drug-likeness (QED) is 0.533. The smallest absolute Gasteiger partial charge is 0.335 e. The number of carbonyl (C=O) groups is 2. The maximum absolute atomic E-state index is 10.4. The molecule has 0 aromatic heterocycles. The van der Waals surface area contributed by atoms with Crippen LogP contribution in [0, 0.1) is 6.92 Å². The molecule has 0 bridgehead atoms. The number of carboxylic acids is 2. The zero-order valence-corrected chi connectivity index (χ0v) is 17.6. The molecule has 3 aromatic rings. The van der Waals surface area contributed by atoms with Gasteiger partial charge in [0.1, 0.15) is 17.2 Å². The van der Waals surface area contributed by atoms with E-state index in [1.54, 1.807) is 67.8 Å². The average molecular weight is 426 g/mol. The SMILES string of the molecule is CCOc1ccc(C(=O)O)cc1.COc1ccc(O)cc1.Cc1ccc(C(=O)O)cc1. The summed E-state index contributed by atoms with van der Waals surface area (Å²) in [6.07, 6.45) is 0. The lowest BCUT2D eigenvalue weighted by Gasteiger charge is -2.01. The fourth-order valence-electron chi connectivity index (χ4n) is 2.14. The maximum Gasteiger partial charge on any atom is 0.335 e. The summed E-state index contributed by atoms with van der Waals surface area (Å²) in [6.45, 7) is 4.39. The van der Waals surface area contributed by atoms with Crippen LogP contribution in [0.2, 0.25) is 0 Å². The van der Waals surface area contributed by atoms with Crippen LogP contribution < -0.4 is 9.47 Å². The molecule has 0 atom stereocenters. The van der Waals surface area contributed by atoms with Gasteiger partial charge in [0.15, 0.2) is 0 Å². The number of hydrogen-bond acceptors (Lipinski definition) is 5. The highest BCUT2D eigenvalue weighted by Crippen LogP contribution is 2.14. The number of phenolic OH excluding ortho intramolecular Hbond substituents is 1. The van der Waals surface area contributed by atoms with E-state index in [4.69, 9.17) is 24.8 Å². The summed E-state index contributed by atoms with van der Waals surface area (Å²) in [6, 6.07) is 19.7. The lowest BCUT2D eigenvalue weighted by Crippen LogP contribution is -1.96.